The van der Waals surface area contributed by atoms with Crippen LogP contribution in [0.5, 0.6) is 0 Å². The Morgan fingerprint density at radius 2 is 2.19 bits per heavy atom. The van der Waals surface area contributed by atoms with Gasteiger partial charge in [-0.3, -0.25) is 9.48 Å². The molecule has 6 heteroatoms. The fourth-order valence-electron chi connectivity index (χ4n) is 1.24. The van der Waals surface area contributed by atoms with Crippen LogP contribution in [0.3, 0.4) is 0 Å². The summed E-state index contributed by atoms with van der Waals surface area (Å²) in [5, 5.41) is 3.26. The van der Waals surface area contributed by atoms with Crippen molar-refractivity contribution in [2.24, 2.45) is 0 Å². The zero-order chi connectivity index (χ0) is 12.3. The average Bonchev–Trinajstić information content (AvgIpc) is 2.62. The highest BCUT2D eigenvalue weighted by atomic mass is 35.5. The Hall–Kier alpha value is -1.36. The van der Waals surface area contributed by atoms with Crippen molar-refractivity contribution in [3.63, 3.8) is 0 Å². The van der Waals surface area contributed by atoms with Crippen molar-refractivity contribution >= 4 is 22.8 Å². The first-order chi connectivity index (χ1) is 7.47. The van der Waals surface area contributed by atoms with Crippen molar-refractivity contribution in [1.29, 1.82) is 0 Å². The van der Waals surface area contributed by atoms with Crippen LogP contribution in [0.2, 0.25) is 0 Å². The molecule has 0 aromatic carbocycles. The smallest absolute Gasteiger partial charge is 0.356 e. The molecule has 1 aromatic rings. The second-order valence-electron chi connectivity index (χ2n) is 3.45. The Bertz CT molecular complexity index is 412. The first-order valence-corrected chi connectivity index (χ1v) is 5.31. The van der Waals surface area contributed by atoms with E-state index in [0.717, 1.165) is 0 Å². The molecular formula is C10H13ClN2O3. The Balaban J connectivity index is 3.15. The minimum atomic E-state index is -0.690. The summed E-state index contributed by atoms with van der Waals surface area (Å²) in [5.41, 5.74) is 0.291. The summed E-state index contributed by atoms with van der Waals surface area (Å²) in [4.78, 5) is 22.5. The van der Waals surface area contributed by atoms with Gasteiger partial charge in [0.25, 0.3) is 5.24 Å². The zero-order valence-corrected chi connectivity index (χ0v) is 10.1. The van der Waals surface area contributed by atoms with Gasteiger partial charge in [-0.1, -0.05) is 0 Å². The lowest BCUT2D eigenvalue weighted by Gasteiger charge is -2.09. The SMILES string of the molecule is CCOC(=O)c1cc(C(=O)Cl)nn1C(C)C. The molecule has 0 spiro atoms. The molecular weight excluding hydrogens is 232 g/mol. The second-order valence-corrected chi connectivity index (χ2v) is 3.79. The van der Waals surface area contributed by atoms with Crippen LogP contribution in [0.4, 0.5) is 0 Å². The number of ether oxygens (including phenoxy) is 1. The van der Waals surface area contributed by atoms with Crippen LogP contribution in [-0.2, 0) is 4.74 Å². The maximum Gasteiger partial charge on any atom is 0.356 e. The first-order valence-electron chi connectivity index (χ1n) is 4.93. The highest BCUT2D eigenvalue weighted by Gasteiger charge is 2.20. The van der Waals surface area contributed by atoms with Gasteiger partial charge in [0.05, 0.1) is 6.61 Å². The Kier molecular flexibility index (Phi) is 4.06. The summed E-state index contributed by atoms with van der Waals surface area (Å²) in [6, 6.07) is 1.29. The molecule has 5 nitrogen and oxygen atoms in total. The predicted molar refractivity (Wildman–Crippen MR) is 58.8 cm³/mol. The normalized spacial score (nSPS) is 10.6. The van der Waals surface area contributed by atoms with E-state index in [1.165, 1.54) is 10.7 Å². The Morgan fingerprint density at radius 3 is 2.62 bits per heavy atom. The molecule has 0 atom stereocenters. The van der Waals surface area contributed by atoms with Gasteiger partial charge in [0.15, 0.2) is 0 Å². The van der Waals surface area contributed by atoms with Gasteiger partial charge >= 0.3 is 5.97 Å². The van der Waals surface area contributed by atoms with Gasteiger partial charge in [0, 0.05) is 12.1 Å². The van der Waals surface area contributed by atoms with Crippen molar-refractivity contribution in [2.75, 3.05) is 6.61 Å². The molecule has 1 aromatic heterocycles. The van der Waals surface area contributed by atoms with E-state index in [-0.39, 0.29) is 24.0 Å². The molecule has 1 rings (SSSR count). The van der Waals surface area contributed by atoms with Crippen LogP contribution < -0.4 is 0 Å². The van der Waals surface area contributed by atoms with Crippen LogP contribution >= 0.6 is 11.6 Å². The molecule has 0 bridgehead atoms. The standard InChI is InChI=1S/C10H13ClN2O3/c1-4-16-10(15)8-5-7(9(11)14)12-13(8)6(2)3/h5-6H,4H2,1-3H3. The molecule has 0 fully saturated rings. The van der Waals surface area contributed by atoms with Gasteiger partial charge in [-0.25, -0.2) is 4.79 Å². The topological polar surface area (TPSA) is 61.2 Å². The summed E-state index contributed by atoms with van der Waals surface area (Å²) >= 11 is 5.31. The van der Waals surface area contributed by atoms with E-state index in [2.05, 4.69) is 5.10 Å². The number of aromatic nitrogens is 2. The summed E-state index contributed by atoms with van der Waals surface area (Å²) in [6.45, 7) is 5.67. The van der Waals surface area contributed by atoms with Crippen LogP contribution in [0.15, 0.2) is 6.07 Å². The third kappa shape index (κ3) is 2.61. The van der Waals surface area contributed by atoms with Gasteiger partial charge in [-0.15, -0.1) is 0 Å². The number of rotatable bonds is 4. The Labute approximate surface area is 98.3 Å². The molecule has 0 N–H and O–H groups in total. The molecule has 1 heterocycles. The van der Waals surface area contributed by atoms with Crippen molar-refractivity contribution in [3.05, 3.63) is 17.5 Å². The largest absolute Gasteiger partial charge is 0.461 e. The van der Waals surface area contributed by atoms with Crippen LogP contribution in [0.25, 0.3) is 0 Å². The minimum Gasteiger partial charge on any atom is -0.461 e. The molecule has 0 amide bonds. The maximum atomic E-state index is 11.6. The van der Waals surface area contributed by atoms with Crippen LogP contribution in [0, 0.1) is 0 Å². The van der Waals surface area contributed by atoms with Gasteiger partial charge in [0.1, 0.15) is 11.4 Å². The minimum absolute atomic E-state index is 0.0517. The van der Waals surface area contributed by atoms with Gasteiger partial charge in [-0.05, 0) is 32.4 Å². The quantitative estimate of drug-likeness (QED) is 0.601. The van der Waals surface area contributed by atoms with E-state index in [1.54, 1.807) is 6.92 Å². The van der Waals surface area contributed by atoms with Crippen molar-refractivity contribution in [2.45, 2.75) is 26.8 Å². The van der Waals surface area contributed by atoms with E-state index in [0.29, 0.717) is 0 Å². The number of carbonyl (C=O) groups excluding carboxylic acids is 2. The van der Waals surface area contributed by atoms with E-state index in [1.807, 2.05) is 13.8 Å². The molecule has 0 radical (unpaired) electrons. The van der Waals surface area contributed by atoms with Crippen LogP contribution in [0.1, 0.15) is 47.8 Å². The monoisotopic (exact) mass is 244 g/mol. The average molecular weight is 245 g/mol. The fourth-order valence-corrected chi connectivity index (χ4v) is 1.33. The third-order valence-corrected chi connectivity index (χ3v) is 2.10. The summed E-state index contributed by atoms with van der Waals surface area (Å²) in [7, 11) is 0. The van der Waals surface area contributed by atoms with Crippen molar-refractivity contribution < 1.29 is 14.3 Å². The number of nitrogens with zero attached hydrogens (tertiary/aromatic N) is 2. The number of hydrogen-bond donors (Lipinski definition) is 0. The zero-order valence-electron chi connectivity index (χ0n) is 9.36. The van der Waals surface area contributed by atoms with Crippen molar-refractivity contribution in [1.82, 2.24) is 9.78 Å². The Morgan fingerprint density at radius 1 is 1.56 bits per heavy atom. The maximum absolute atomic E-state index is 11.6. The molecule has 0 aliphatic heterocycles. The van der Waals surface area contributed by atoms with Gasteiger partial charge in [0.2, 0.25) is 0 Å². The van der Waals surface area contributed by atoms with E-state index in [9.17, 15) is 9.59 Å². The van der Waals surface area contributed by atoms with Crippen LogP contribution in [-0.4, -0.2) is 27.6 Å². The van der Waals surface area contributed by atoms with E-state index in [4.69, 9.17) is 16.3 Å². The van der Waals surface area contributed by atoms with E-state index < -0.39 is 11.2 Å². The molecule has 0 unspecified atom stereocenters. The second kappa shape index (κ2) is 5.12. The molecule has 0 aliphatic rings. The highest BCUT2D eigenvalue weighted by molar-refractivity contribution is 6.67. The van der Waals surface area contributed by atoms with Gasteiger partial charge in [-0.2, -0.15) is 5.10 Å². The molecule has 16 heavy (non-hydrogen) atoms. The van der Waals surface area contributed by atoms with Crippen molar-refractivity contribution in [3.8, 4) is 0 Å². The number of carbonyl (C=O) groups is 2. The van der Waals surface area contributed by atoms with E-state index >= 15 is 0 Å². The predicted octanol–water partition coefficient (Wildman–Crippen LogP) is 2.02. The lowest BCUT2D eigenvalue weighted by Crippen LogP contribution is -2.14. The fraction of sp³-hybridized carbons (Fsp3) is 0.500. The summed E-state index contributed by atoms with van der Waals surface area (Å²) in [6.07, 6.45) is 0. The lowest BCUT2D eigenvalue weighted by atomic mass is 10.3. The molecule has 0 saturated carbocycles. The molecule has 88 valence electrons. The number of hydrogen-bond acceptors (Lipinski definition) is 4. The first kappa shape index (κ1) is 12.7. The number of esters is 1. The summed E-state index contributed by atoms with van der Waals surface area (Å²) < 4.78 is 6.28. The molecule has 0 saturated heterocycles. The summed E-state index contributed by atoms with van der Waals surface area (Å²) in [5.74, 6) is -0.507. The lowest BCUT2D eigenvalue weighted by molar-refractivity contribution is 0.0509. The highest BCUT2D eigenvalue weighted by Crippen LogP contribution is 2.14. The van der Waals surface area contributed by atoms with Gasteiger partial charge < -0.3 is 4.74 Å². The number of halogens is 1. The third-order valence-electron chi connectivity index (χ3n) is 1.91. The molecule has 0 aliphatic carbocycles.